The molecule has 0 bridgehead atoms. The third-order valence-corrected chi connectivity index (χ3v) is 3.69. The van der Waals surface area contributed by atoms with Gasteiger partial charge >= 0.3 is 0 Å². The van der Waals surface area contributed by atoms with Gasteiger partial charge in [-0.2, -0.15) is 4.98 Å². The van der Waals surface area contributed by atoms with Crippen LogP contribution < -0.4 is 10.2 Å². The lowest BCUT2D eigenvalue weighted by molar-refractivity contribution is 0.494. The van der Waals surface area contributed by atoms with E-state index in [0.717, 1.165) is 55.4 Å². The summed E-state index contributed by atoms with van der Waals surface area (Å²) in [4.78, 5) is 11.4. The van der Waals surface area contributed by atoms with Gasteiger partial charge < -0.3 is 10.2 Å². The second kappa shape index (κ2) is 5.55. The molecule has 2 atom stereocenters. The van der Waals surface area contributed by atoms with Gasteiger partial charge in [-0.05, 0) is 25.2 Å². The first-order chi connectivity index (χ1) is 8.60. The van der Waals surface area contributed by atoms with Gasteiger partial charge in [0.1, 0.15) is 5.82 Å². The lowest BCUT2D eigenvalue weighted by Gasteiger charge is -2.18. The second-order valence-corrected chi connectivity index (χ2v) is 5.48. The van der Waals surface area contributed by atoms with Crippen molar-refractivity contribution in [3.8, 4) is 0 Å². The Kier molecular flexibility index (Phi) is 4.04. The van der Waals surface area contributed by atoms with E-state index in [1.54, 1.807) is 0 Å². The van der Waals surface area contributed by atoms with Crippen molar-refractivity contribution in [2.75, 3.05) is 29.9 Å². The van der Waals surface area contributed by atoms with Crippen LogP contribution in [0.3, 0.4) is 0 Å². The largest absolute Gasteiger partial charge is 0.356 e. The molecular formula is C14H24N4. The van der Waals surface area contributed by atoms with E-state index in [-0.39, 0.29) is 0 Å². The molecule has 2 rings (SSSR count). The fourth-order valence-corrected chi connectivity index (χ4v) is 2.35. The van der Waals surface area contributed by atoms with Crippen molar-refractivity contribution in [2.24, 2.45) is 11.8 Å². The van der Waals surface area contributed by atoms with Crippen molar-refractivity contribution in [3.05, 3.63) is 11.8 Å². The van der Waals surface area contributed by atoms with Gasteiger partial charge in [0.15, 0.2) is 0 Å². The van der Waals surface area contributed by atoms with Crippen molar-refractivity contribution < 1.29 is 0 Å². The highest BCUT2D eigenvalue weighted by Crippen LogP contribution is 2.27. The quantitative estimate of drug-likeness (QED) is 0.889. The summed E-state index contributed by atoms with van der Waals surface area (Å²) in [6.07, 6.45) is 1.09. The minimum Gasteiger partial charge on any atom is -0.356 e. The SMILES string of the molecule is CCCNc1nc(C)cc(N2CC(C)C(C)C2)n1. The molecule has 1 aromatic heterocycles. The average Bonchev–Trinajstić information content (AvgIpc) is 2.66. The van der Waals surface area contributed by atoms with Crippen molar-refractivity contribution in [1.82, 2.24) is 9.97 Å². The van der Waals surface area contributed by atoms with E-state index in [9.17, 15) is 0 Å². The van der Waals surface area contributed by atoms with Crippen LogP contribution in [-0.4, -0.2) is 29.6 Å². The maximum absolute atomic E-state index is 4.63. The zero-order valence-corrected chi connectivity index (χ0v) is 11.9. The Hall–Kier alpha value is -1.32. The summed E-state index contributed by atoms with van der Waals surface area (Å²) in [5, 5.41) is 3.27. The molecule has 18 heavy (non-hydrogen) atoms. The van der Waals surface area contributed by atoms with E-state index < -0.39 is 0 Å². The van der Waals surface area contributed by atoms with Crippen LogP contribution in [0.2, 0.25) is 0 Å². The molecule has 2 heterocycles. The molecule has 1 fully saturated rings. The number of hydrogen-bond donors (Lipinski definition) is 1. The molecule has 1 aliphatic rings. The highest BCUT2D eigenvalue weighted by Gasteiger charge is 2.27. The average molecular weight is 248 g/mol. The highest BCUT2D eigenvalue weighted by molar-refractivity contribution is 5.45. The summed E-state index contributed by atoms with van der Waals surface area (Å²) < 4.78 is 0. The first-order valence-electron chi connectivity index (χ1n) is 6.94. The van der Waals surface area contributed by atoms with Crippen molar-refractivity contribution in [2.45, 2.75) is 34.1 Å². The normalized spacial score (nSPS) is 23.4. The highest BCUT2D eigenvalue weighted by atomic mass is 15.2. The van der Waals surface area contributed by atoms with Crippen LogP contribution in [0.15, 0.2) is 6.07 Å². The monoisotopic (exact) mass is 248 g/mol. The van der Waals surface area contributed by atoms with Crippen molar-refractivity contribution in [3.63, 3.8) is 0 Å². The van der Waals surface area contributed by atoms with Gasteiger partial charge in [-0.3, -0.25) is 0 Å². The standard InChI is InChI=1S/C14H24N4/c1-5-6-15-14-16-12(4)7-13(17-14)18-8-10(2)11(3)9-18/h7,10-11H,5-6,8-9H2,1-4H3,(H,15,16,17). The maximum Gasteiger partial charge on any atom is 0.224 e. The molecular weight excluding hydrogens is 224 g/mol. The number of nitrogens with one attached hydrogen (secondary N) is 1. The van der Waals surface area contributed by atoms with Crippen LogP contribution in [0.4, 0.5) is 11.8 Å². The zero-order chi connectivity index (χ0) is 13.1. The van der Waals surface area contributed by atoms with Crippen LogP contribution in [0.25, 0.3) is 0 Å². The number of nitrogens with zero attached hydrogens (tertiary/aromatic N) is 3. The maximum atomic E-state index is 4.63. The summed E-state index contributed by atoms with van der Waals surface area (Å²) in [7, 11) is 0. The van der Waals surface area contributed by atoms with Crippen molar-refractivity contribution in [1.29, 1.82) is 0 Å². The fraction of sp³-hybridized carbons (Fsp3) is 0.714. The molecule has 4 heteroatoms. The number of aromatic nitrogens is 2. The number of hydrogen-bond acceptors (Lipinski definition) is 4. The van der Waals surface area contributed by atoms with Crippen LogP contribution in [0, 0.1) is 18.8 Å². The van der Waals surface area contributed by atoms with Crippen LogP contribution in [-0.2, 0) is 0 Å². The van der Waals surface area contributed by atoms with Crippen LogP contribution in [0.5, 0.6) is 0 Å². The minimum absolute atomic E-state index is 0.743. The van der Waals surface area contributed by atoms with Gasteiger partial charge in [0, 0.05) is 31.4 Å². The van der Waals surface area contributed by atoms with Crippen molar-refractivity contribution >= 4 is 11.8 Å². The Morgan fingerprint density at radius 3 is 2.56 bits per heavy atom. The predicted octanol–water partition coefficient (Wildman–Crippen LogP) is 2.70. The molecule has 1 aromatic rings. The number of anilines is 2. The summed E-state index contributed by atoms with van der Waals surface area (Å²) >= 11 is 0. The molecule has 1 N–H and O–H groups in total. The van der Waals surface area contributed by atoms with Gasteiger partial charge in [-0.1, -0.05) is 20.8 Å². The molecule has 100 valence electrons. The number of aryl methyl sites for hydroxylation is 1. The van der Waals surface area contributed by atoms with Gasteiger partial charge in [-0.15, -0.1) is 0 Å². The summed E-state index contributed by atoms with van der Waals surface area (Å²) in [6, 6.07) is 2.09. The van der Waals surface area contributed by atoms with Gasteiger partial charge in [0.2, 0.25) is 5.95 Å². The Bertz CT molecular complexity index is 395. The first kappa shape index (κ1) is 13.1. The molecule has 0 spiro atoms. The number of rotatable bonds is 4. The van der Waals surface area contributed by atoms with E-state index in [0.29, 0.717) is 0 Å². The Labute approximate surface area is 110 Å². The topological polar surface area (TPSA) is 41.1 Å². The van der Waals surface area contributed by atoms with Gasteiger partial charge in [0.25, 0.3) is 0 Å². The molecule has 0 amide bonds. The molecule has 0 aliphatic carbocycles. The second-order valence-electron chi connectivity index (χ2n) is 5.48. The smallest absolute Gasteiger partial charge is 0.224 e. The minimum atomic E-state index is 0.743. The van der Waals surface area contributed by atoms with E-state index in [4.69, 9.17) is 0 Å². The van der Waals surface area contributed by atoms with E-state index in [1.165, 1.54) is 0 Å². The van der Waals surface area contributed by atoms with Crippen LogP contribution in [0.1, 0.15) is 32.9 Å². The molecule has 2 unspecified atom stereocenters. The molecule has 1 aliphatic heterocycles. The fourth-order valence-electron chi connectivity index (χ4n) is 2.35. The first-order valence-corrected chi connectivity index (χ1v) is 6.94. The molecule has 1 saturated heterocycles. The van der Waals surface area contributed by atoms with E-state index >= 15 is 0 Å². The van der Waals surface area contributed by atoms with Gasteiger partial charge in [-0.25, -0.2) is 4.98 Å². The Morgan fingerprint density at radius 1 is 1.28 bits per heavy atom. The lowest BCUT2D eigenvalue weighted by atomic mass is 10.0. The predicted molar refractivity (Wildman–Crippen MR) is 76.1 cm³/mol. The molecule has 0 radical (unpaired) electrons. The summed E-state index contributed by atoms with van der Waals surface area (Å²) in [5.74, 6) is 3.32. The molecule has 4 nitrogen and oxygen atoms in total. The third-order valence-electron chi connectivity index (χ3n) is 3.69. The molecule has 0 saturated carbocycles. The third kappa shape index (κ3) is 2.92. The van der Waals surface area contributed by atoms with Crippen LogP contribution >= 0.6 is 0 Å². The van der Waals surface area contributed by atoms with Gasteiger partial charge in [0.05, 0.1) is 0 Å². The summed E-state index contributed by atoms with van der Waals surface area (Å²) in [5.41, 5.74) is 1.03. The zero-order valence-electron chi connectivity index (χ0n) is 11.9. The summed E-state index contributed by atoms with van der Waals surface area (Å²) in [6.45, 7) is 11.9. The van der Waals surface area contributed by atoms with E-state index in [2.05, 4.69) is 47.0 Å². The Balaban J connectivity index is 2.15. The van der Waals surface area contributed by atoms with E-state index in [1.807, 2.05) is 6.92 Å². The Morgan fingerprint density at radius 2 is 1.94 bits per heavy atom. The molecule has 0 aromatic carbocycles. The lowest BCUT2D eigenvalue weighted by Crippen LogP contribution is -2.22.